The molecule has 3 nitrogen and oxygen atoms in total. The van der Waals surface area contributed by atoms with Crippen LogP contribution in [0, 0.1) is 0 Å². The number of pyridine rings is 1. The van der Waals surface area contributed by atoms with Crippen molar-refractivity contribution in [2.24, 2.45) is 5.84 Å². The van der Waals surface area contributed by atoms with E-state index in [1.807, 2.05) is 0 Å². The molecule has 2 heterocycles. The molecule has 19 heavy (non-hydrogen) atoms. The molecular formula is C11H9BrF3N3S. The standard InChI is InChI=1S/C11H9BrF3N3S/c12-6-3-9(19-5-6)10(18-16)7-4-17-2-1-8(7)11(13,14)15/h1-5,10,18H,16H2. The summed E-state index contributed by atoms with van der Waals surface area (Å²) < 4.78 is 39.7. The van der Waals surface area contributed by atoms with Crippen molar-refractivity contribution in [1.82, 2.24) is 10.4 Å². The summed E-state index contributed by atoms with van der Waals surface area (Å²) in [6, 6.07) is 1.92. The molecule has 0 fully saturated rings. The van der Waals surface area contributed by atoms with Gasteiger partial charge in [-0.1, -0.05) is 0 Å². The number of nitrogens with one attached hydrogen (secondary N) is 1. The Morgan fingerprint density at radius 2 is 2.16 bits per heavy atom. The molecule has 8 heteroatoms. The van der Waals surface area contributed by atoms with Crippen molar-refractivity contribution in [2.45, 2.75) is 12.2 Å². The summed E-state index contributed by atoms with van der Waals surface area (Å²) in [5.74, 6) is 5.40. The van der Waals surface area contributed by atoms with Gasteiger partial charge in [0, 0.05) is 32.7 Å². The Morgan fingerprint density at radius 1 is 1.42 bits per heavy atom. The fraction of sp³-hybridized carbons (Fsp3) is 0.182. The third kappa shape index (κ3) is 3.14. The van der Waals surface area contributed by atoms with E-state index in [0.717, 1.165) is 16.7 Å². The maximum Gasteiger partial charge on any atom is 0.416 e. The molecule has 0 aliphatic rings. The second-order valence-electron chi connectivity index (χ2n) is 3.73. The van der Waals surface area contributed by atoms with Crippen molar-refractivity contribution < 1.29 is 13.2 Å². The molecule has 0 radical (unpaired) electrons. The molecule has 2 rings (SSSR count). The molecule has 0 saturated heterocycles. The Balaban J connectivity index is 2.50. The zero-order valence-electron chi connectivity index (χ0n) is 9.41. The highest BCUT2D eigenvalue weighted by Crippen LogP contribution is 2.37. The van der Waals surface area contributed by atoms with Crippen molar-refractivity contribution >= 4 is 27.3 Å². The Kier molecular flexibility index (Phi) is 4.24. The summed E-state index contributed by atoms with van der Waals surface area (Å²) in [6.07, 6.45) is -2.15. The zero-order chi connectivity index (χ0) is 14.0. The zero-order valence-corrected chi connectivity index (χ0v) is 11.8. The lowest BCUT2D eigenvalue weighted by Crippen LogP contribution is -2.30. The first-order valence-corrected chi connectivity index (χ1v) is 6.82. The van der Waals surface area contributed by atoms with Crippen LogP contribution in [-0.2, 0) is 6.18 Å². The minimum Gasteiger partial charge on any atom is -0.271 e. The second-order valence-corrected chi connectivity index (χ2v) is 5.59. The van der Waals surface area contributed by atoms with Gasteiger partial charge >= 0.3 is 6.18 Å². The van der Waals surface area contributed by atoms with Gasteiger partial charge in [0.1, 0.15) is 0 Å². The van der Waals surface area contributed by atoms with Crippen LogP contribution in [0.5, 0.6) is 0 Å². The fourth-order valence-corrected chi connectivity index (χ4v) is 3.22. The number of hydrazine groups is 1. The van der Waals surface area contributed by atoms with E-state index in [1.54, 1.807) is 11.4 Å². The average molecular weight is 352 g/mol. The van der Waals surface area contributed by atoms with E-state index in [1.165, 1.54) is 17.5 Å². The van der Waals surface area contributed by atoms with E-state index in [-0.39, 0.29) is 5.56 Å². The van der Waals surface area contributed by atoms with Crippen LogP contribution >= 0.6 is 27.3 Å². The summed E-state index contributed by atoms with van der Waals surface area (Å²) in [4.78, 5) is 4.43. The molecule has 102 valence electrons. The highest BCUT2D eigenvalue weighted by atomic mass is 79.9. The van der Waals surface area contributed by atoms with Gasteiger partial charge < -0.3 is 0 Å². The van der Waals surface area contributed by atoms with Crippen molar-refractivity contribution in [3.05, 3.63) is 50.4 Å². The highest BCUT2D eigenvalue weighted by molar-refractivity contribution is 9.10. The van der Waals surface area contributed by atoms with E-state index in [9.17, 15) is 13.2 Å². The molecule has 0 aliphatic heterocycles. The summed E-state index contributed by atoms with van der Waals surface area (Å²) in [5.41, 5.74) is 1.68. The number of nitrogens with two attached hydrogens (primary N) is 1. The highest BCUT2D eigenvalue weighted by Gasteiger charge is 2.35. The lowest BCUT2D eigenvalue weighted by atomic mass is 10.0. The Hall–Kier alpha value is -0.960. The molecule has 1 atom stereocenters. The summed E-state index contributed by atoms with van der Waals surface area (Å²) in [7, 11) is 0. The third-order valence-corrected chi connectivity index (χ3v) is 4.27. The molecule has 0 bridgehead atoms. The largest absolute Gasteiger partial charge is 0.416 e. The first-order valence-electron chi connectivity index (χ1n) is 5.14. The van der Waals surface area contributed by atoms with Crippen molar-refractivity contribution in [3.63, 3.8) is 0 Å². The van der Waals surface area contributed by atoms with Gasteiger partial charge in [0.25, 0.3) is 0 Å². The molecule has 0 aliphatic carbocycles. The van der Waals surface area contributed by atoms with Crippen LogP contribution in [0.3, 0.4) is 0 Å². The van der Waals surface area contributed by atoms with Gasteiger partial charge in [0.15, 0.2) is 0 Å². The van der Waals surface area contributed by atoms with Gasteiger partial charge in [0.05, 0.1) is 11.6 Å². The van der Waals surface area contributed by atoms with E-state index in [2.05, 4.69) is 26.3 Å². The predicted octanol–water partition coefficient (Wildman–Crippen LogP) is 3.48. The van der Waals surface area contributed by atoms with E-state index in [0.29, 0.717) is 4.88 Å². The van der Waals surface area contributed by atoms with Crippen LogP contribution in [0.25, 0.3) is 0 Å². The maximum absolute atomic E-state index is 13.0. The molecule has 0 amide bonds. The van der Waals surface area contributed by atoms with Gasteiger partial charge in [-0.15, -0.1) is 11.3 Å². The topological polar surface area (TPSA) is 50.9 Å². The van der Waals surface area contributed by atoms with Gasteiger partial charge in [0.2, 0.25) is 0 Å². The first kappa shape index (κ1) is 14.4. The predicted molar refractivity (Wildman–Crippen MR) is 70.4 cm³/mol. The van der Waals surface area contributed by atoms with Crippen LogP contribution in [-0.4, -0.2) is 4.98 Å². The summed E-state index contributed by atoms with van der Waals surface area (Å²) >= 11 is 4.58. The maximum atomic E-state index is 13.0. The van der Waals surface area contributed by atoms with Crippen molar-refractivity contribution in [1.29, 1.82) is 0 Å². The summed E-state index contributed by atoms with van der Waals surface area (Å²) in [6.45, 7) is 0. The number of alkyl halides is 3. The molecule has 1 unspecified atom stereocenters. The first-order chi connectivity index (χ1) is 8.93. The minimum atomic E-state index is -4.44. The normalized spacial score (nSPS) is 13.5. The Morgan fingerprint density at radius 3 is 2.68 bits per heavy atom. The molecular weight excluding hydrogens is 343 g/mol. The van der Waals surface area contributed by atoms with Crippen LogP contribution in [0.2, 0.25) is 0 Å². The number of nitrogens with zero attached hydrogens (tertiary/aromatic N) is 1. The quantitative estimate of drug-likeness (QED) is 0.657. The molecule has 0 spiro atoms. The monoisotopic (exact) mass is 351 g/mol. The van der Waals surface area contributed by atoms with Crippen LogP contribution in [0.4, 0.5) is 13.2 Å². The molecule has 0 saturated carbocycles. The minimum absolute atomic E-state index is 0.00634. The number of thiophene rings is 1. The molecule has 2 aromatic heterocycles. The Bertz CT molecular complexity index is 570. The van der Waals surface area contributed by atoms with Crippen LogP contribution in [0.15, 0.2) is 34.4 Å². The number of hydrogen-bond acceptors (Lipinski definition) is 4. The molecule has 2 aromatic rings. The van der Waals surface area contributed by atoms with Gasteiger partial charge in [-0.05, 0) is 28.1 Å². The van der Waals surface area contributed by atoms with Gasteiger partial charge in [-0.3, -0.25) is 10.8 Å². The average Bonchev–Trinajstić information content (AvgIpc) is 2.76. The second kappa shape index (κ2) is 5.58. The van der Waals surface area contributed by atoms with Gasteiger partial charge in [-0.25, -0.2) is 5.43 Å². The lowest BCUT2D eigenvalue weighted by molar-refractivity contribution is -0.138. The smallest absolute Gasteiger partial charge is 0.271 e. The number of hydrogen-bond donors (Lipinski definition) is 2. The number of aromatic nitrogens is 1. The van der Waals surface area contributed by atoms with Crippen molar-refractivity contribution in [3.8, 4) is 0 Å². The Labute approximate surface area is 119 Å². The van der Waals surface area contributed by atoms with E-state index >= 15 is 0 Å². The number of rotatable bonds is 3. The molecule has 0 aromatic carbocycles. The third-order valence-electron chi connectivity index (χ3n) is 2.51. The summed E-state index contributed by atoms with van der Waals surface area (Å²) in [5, 5.41) is 1.78. The van der Waals surface area contributed by atoms with Crippen molar-refractivity contribution in [2.75, 3.05) is 0 Å². The van der Waals surface area contributed by atoms with E-state index in [4.69, 9.17) is 5.84 Å². The van der Waals surface area contributed by atoms with E-state index < -0.39 is 17.8 Å². The lowest BCUT2D eigenvalue weighted by Gasteiger charge is -2.19. The van der Waals surface area contributed by atoms with Crippen LogP contribution < -0.4 is 11.3 Å². The molecule has 3 N–H and O–H groups in total. The fourth-order valence-electron chi connectivity index (χ4n) is 1.70. The number of halogens is 4. The SMILES string of the molecule is NNC(c1cc(Br)cs1)c1cnccc1C(F)(F)F. The van der Waals surface area contributed by atoms with Crippen LogP contribution in [0.1, 0.15) is 22.0 Å². The van der Waals surface area contributed by atoms with Gasteiger partial charge in [-0.2, -0.15) is 13.2 Å².